The number of H-pyrrole nitrogens is 1. The minimum atomic E-state index is -0.733. The zero-order valence-electron chi connectivity index (χ0n) is 13.5. The predicted octanol–water partition coefficient (Wildman–Crippen LogP) is 1.11. The number of likely N-dealkylation sites (tertiary alicyclic amines) is 1. The van der Waals surface area contributed by atoms with Gasteiger partial charge in [-0.3, -0.25) is 9.59 Å². The summed E-state index contributed by atoms with van der Waals surface area (Å²) in [5.74, 6) is -0.333. The highest BCUT2D eigenvalue weighted by Gasteiger charge is 2.34. The number of aryl methyl sites for hydroxylation is 2. The third kappa shape index (κ3) is 2.82. The maximum atomic E-state index is 12.7. The molecule has 0 bridgehead atoms. The third-order valence-corrected chi connectivity index (χ3v) is 4.52. The van der Waals surface area contributed by atoms with Crippen molar-refractivity contribution in [2.75, 3.05) is 13.1 Å². The van der Waals surface area contributed by atoms with Crippen LogP contribution in [0.1, 0.15) is 28.5 Å². The molecule has 1 saturated heterocycles. The summed E-state index contributed by atoms with van der Waals surface area (Å²) in [5, 5.41) is 13.7. The molecular weight excluding hydrogens is 294 g/mol. The molecule has 1 aliphatic rings. The Morgan fingerprint density at radius 2 is 2.04 bits per heavy atom. The summed E-state index contributed by atoms with van der Waals surface area (Å²) in [7, 11) is 0. The number of benzene rings is 1. The van der Waals surface area contributed by atoms with Gasteiger partial charge in [0.2, 0.25) is 5.91 Å². The van der Waals surface area contributed by atoms with Gasteiger partial charge in [0.1, 0.15) is 0 Å². The zero-order valence-corrected chi connectivity index (χ0v) is 13.5. The van der Waals surface area contributed by atoms with Gasteiger partial charge in [0, 0.05) is 42.2 Å². The average Bonchev–Trinajstić information content (AvgIpc) is 2.99. The van der Waals surface area contributed by atoms with Crippen LogP contribution in [-0.2, 0) is 4.79 Å². The van der Waals surface area contributed by atoms with Crippen molar-refractivity contribution >= 4 is 22.7 Å². The van der Waals surface area contributed by atoms with E-state index in [1.165, 1.54) is 6.92 Å². The molecule has 3 N–H and O–H groups in total. The molecule has 3 rings (SSSR count). The van der Waals surface area contributed by atoms with E-state index in [0.717, 1.165) is 22.2 Å². The van der Waals surface area contributed by atoms with Crippen molar-refractivity contribution in [3.05, 3.63) is 35.0 Å². The first-order valence-corrected chi connectivity index (χ1v) is 7.70. The van der Waals surface area contributed by atoms with E-state index in [1.807, 2.05) is 26.0 Å². The van der Waals surface area contributed by atoms with Crippen LogP contribution in [0.5, 0.6) is 0 Å². The Bertz CT molecular complexity index is 781. The van der Waals surface area contributed by atoms with Gasteiger partial charge in [-0.05, 0) is 37.6 Å². The number of rotatable bonds is 2. The van der Waals surface area contributed by atoms with Gasteiger partial charge in [-0.2, -0.15) is 0 Å². The van der Waals surface area contributed by atoms with E-state index < -0.39 is 12.1 Å². The number of aliphatic hydroxyl groups is 1. The fourth-order valence-electron chi connectivity index (χ4n) is 3.13. The molecule has 2 heterocycles. The second kappa shape index (κ2) is 5.70. The highest BCUT2D eigenvalue weighted by molar-refractivity contribution is 5.99. The van der Waals surface area contributed by atoms with Crippen LogP contribution < -0.4 is 5.32 Å². The molecule has 0 unspecified atom stereocenters. The summed E-state index contributed by atoms with van der Waals surface area (Å²) in [6.07, 6.45) is -0.733. The number of aromatic amines is 1. The van der Waals surface area contributed by atoms with Crippen LogP contribution in [0.15, 0.2) is 18.2 Å². The molecule has 2 aromatic rings. The average molecular weight is 315 g/mol. The molecule has 1 aromatic carbocycles. The number of hydrogen-bond donors (Lipinski definition) is 3. The van der Waals surface area contributed by atoms with Crippen LogP contribution in [0, 0.1) is 13.8 Å². The van der Waals surface area contributed by atoms with Gasteiger partial charge in [0.05, 0.1) is 12.1 Å². The van der Waals surface area contributed by atoms with Crippen LogP contribution in [0.4, 0.5) is 0 Å². The van der Waals surface area contributed by atoms with Gasteiger partial charge < -0.3 is 20.3 Å². The first-order valence-electron chi connectivity index (χ1n) is 7.70. The highest BCUT2D eigenvalue weighted by atomic mass is 16.3. The standard InChI is InChI=1S/C17H21N3O3/c1-9-10(2)18-14-5-4-12(6-13(9)14)17(23)20-7-15(16(22)8-20)19-11(3)21/h4-6,15-16,18,22H,7-8H2,1-3H3,(H,19,21)/t15-,16-/m1/s1. The van der Waals surface area contributed by atoms with E-state index in [-0.39, 0.29) is 18.4 Å². The van der Waals surface area contributed by atoms with Crippen LogP contribution in [0.2, 0.25) is 0 Å². The Morgan fingerprint density at radius 1 is 1.30 bits per heavy atom. The van der Waals surface area contributed by atoms with Crippen molar-refractivity contribution in [1.82, 2.24) is 15.2 Å². The summed E-state index contributed by atoms with van der Waals surface area (Å²) in [6.45, 7) is 5.98. The Hall–Kier alpha value is -2.34. The Kier molecular flexibility index (Phi) is 3.85. The Balaban J connectivity index is 1.83. The molecule has 6 nitrogen and oxygen atoms in total. The maximum Gasteiger partial charge on any atom is 0.254 e. The fourth-order valence-corrected chi connectivity index (χ4v) is 3.13. The molecule has 122 valence electrons. The lowest BCUT2D eigenvalue weighted by atomic mass is 10.1. The monoisotopic (exact) mass is 315 g/mol. The molecule has 0 spiro atoms. The normalized spacial score (nSPS) is 21.0. The van der Waals surface area contributed by atoms with Gasteiger partial charge in [-0.1, -0.05) is 0 Å². The van der Waals surface area contributed by atoms with Gasteiger partial charge >= 0.3 is 0 Å². The van der Waals surface area contributed by atoms with Gasteiger partial charge in [0.15, 0.2) is 0 Å². The molecular formula is C17H21N3O3. The number of aromatic nitrogens is 1. The third-order valence-electron chi connectivity index (χ3n) is 4.52. The summed E-state index contributed by atoms with van der Waals surface area (Å²) in [6, 6.07) is 5.17. The number of aliphatic hydroxyl groups excluding tert-OH is 1. The topological polar surface area (TPSA) is 85.4 Å². The van der Waals surface area contributed by atoms with Crippen molar-refractivity contribution in [1.29, 1.82) is 0 Å². The second-order valence-corrected chi connectivity index (χ2v) is 6.22. The first-order chi connectivity index (χ1) is 10.9. The molecule has 23 heavy (non-hydrogen) atoms. The minimum absolute atomic E-state index is 0.128. The molecule has 0 saturated carbocycles. The lowest BCUT2D eigenvalue weighted by Gasteiger charge is -2.16. The smallest absolute Gasteiger partial charge is 0.254 e. The number of carbonyl (C=O) groups excluding carboxylic acids is 2. The summed E-state index contributed by atoms with van der Waals surface area (Å²) in [4.78, 5) is 28.7. The fraction of sp³-hybridized carbons (Fsp3) is 0.412. The molecule has 1 aromatic heterocycles. The van der Waals surface area contributed by atoms with Crippen molar-refractivity contribution in [3.63, 3.8) is 0 Å². The quantitative estimate of drug-likeness (QED) is 0.776. The van der Waals surface area contributed by atoms with Crippen molar-refractivity contribution in [2.24, 2.45) is 0 Å². The Labute approximate surface area is 134 Å². The number of carbonyl (C=O) groups is 2. The molecule has 1 fully saturated rings. The van der Waals surface area contributed by atoms with E-state index in [2.05, 4.69) is 10.3 Å². The molecule has 0 radical (unpaired) electrons. The number of amides is 2. The summed E-state index contributed by atoms with van der Waals surface area (Å²) < 4.78 is 0. The van der Waals surface area contributed by atoms with Crippen LogP contribution in [0.25, 0.3) is 10.9 Å². The second-order valence-electron chi connectivity index (χ2n) is 6.22. The van der Waals surface area contributed by atoms with E-state index in [0.29, 0.717) is 12.1 Å². The first kappa shape index (κ1) is 15.6. The van der Waals surface area contributed by atoms with Crippen molar-refractivity contribution < 1.29 is 14.7 Å². The lowest BCUT2D eigenvalue weighted by molar-refractivity contribution is -0.120. The number of hydrogen-bond acceptors (Lipinski definition) is 3. The summed E-state index contributed by atoms with van der Waals surface area (Å²) in [5.41, 5.74) is 3.82. The van der Waals surface area contributed by atoms with Crippen LogP contribution in [0.3, 0.4) is 0 Å². The van der Waals surface area contributed by atoms with Gasteiger partial charge in [-0.25, -0.2) is 0 Å². The maximum absolute atomic E-state index is 12.7. The van der Waals surface area contributed by atoms with Crippen LogP contribution >= 0.6 is 0 Å². The van der Waals surface area contributed by atoms with Crippen LogP contribution in [-0.4, -0.2) is 52.0 Å². The predicted molar refractivity (Wildman–Crippen MR) is 87.3 cm³/mol. The largest absolute Gasteiger partial charge is 0.389 e. The van der Waals surface area contributed by atoms with E-state index >= 15 is 0 Å². The molecule has 6 heteroatoms. The number of nitrogens with one attached hydrogen (secondary N) is 2. The van der Waals surface area contributed by atoms with Crippen molar-refractivity contribution in [2.45, 2.75) is 32.9 Å². The number of nitrogens with zero attached hydrogens (tertiary/aromatic N) is 1. The molecule has 2 atom stereocenters. The number of β-amino-alcohol motifs (C(OH)–C–C–N with tert-alkyl or cyclic N) is 1. The van der Waals surface area contributed by atoms with E-state index in [9.17, 15) is 14.7 Å². The Morgan fingerprint density at radius 3 is 2.74 bits per heavy atom. The zero-order chi connectivity index (χ0) is 16.7. The van der Waals surface area contributed by atoms with E-state index in [4.69, 9.17) is 0 Å². The van der Waals surface area contributed by atoms with Gasteiger partial charge in [0.25, 0.3) is 5.91 Å². The van der Waals surface area contributed by atoms with E-state index in [1.54, 1.807) is 11.0 Å². The number of fused-ring (bicyclic) bond motifs is 1. The molecule has 1 aliphatic heterocycles. The molecule has 0 aliphatic carbocycles. The van der Waals surface area contributed by atoms with Crippen molar-refractivity contribution in [3.8, 4) is 0 Å². The lowest BCUT2D eigenvalue weighted by Crippen LogP contribution is -2.41. The SMILES string of the molecule is CC(=O)N[C@@H]1CN(C(=O)c2ccc3[nH]c(C)c(C)c3c2)C[C@H]1O. The van der Waals surface area contributed by atoms with Gasteiger partial charge in [-0.15, -0.1) is 0 Å². The summed E-state index contributed by atoms with van der Waals surface area (Å²) >= 11 is 0. The molecule has 2 amide bonds. The minimum Gasteiger partial charge on any atom is -0.389 e. The highest BCUT2D eigenvalue weighted by Crippen LogP contribution is 2.24.